The standard InChI is InChI=1S/C8H16N/c1-3-8-6-4-5-7(2)9-8/h7-8H,3-6H2,1-2H3. The van der Waals surface area contributed by atoms with E-state index < -0.39 is 0 Å². The van der Waals surface area contributed by atoms with Crippen LogP contribution in [0, 0.1) is 0 Å². The highest BCUT2D eigenvalue weighted by Gasteiger charge is 2.16. The number of rotatable bonds is 1. The molecule has 1 aliphatic heterocycles. The second-order valence-corrected chi connectivity index (χ2v) is 2.99. The van der Waals surface area contributed by atoms with Gasteiger partial charge in [0.15, 0.2) is 0 Å². The highest BCUT2D eigenvalue weighted by atomic mass is 14.9. The van der Waals surface area contributed by atoms with Crippen LogP contribution in [0.15, 0.2) is 0 Å². The summed E-state index contributed by atoms with van der Waals surface area (Å²) in [5, 5.41) is 4.60. The third kappa shape index (κ3) is 1.98. The maximum atomic E-state index is 4.60. The molecule has 0 bridgehead atoms. The lowest BCUT2D eigenvalue weighted by atomic mass is 9.98. The van der Waals surface area contributed by atoms with Gasteiger partial charge in [-0.3, -0.25) is 0 Å². The quantitative estimate of drug-likeness (QED) is 0.510. The molecule has 0 aliphatic carbocycles. The summed E-state index contributed by atoms with van der Waals surface area (Å²) < 4.78 is 0. The molecule has 0 saturated carbocycles. The van der Waals surface area contributed by atoms with Gasteiger partial charge in [-0.15, -0.1) is 0 Å². The molecule has 0 aromatic rings. The molecule has 0 amide bonds. The molecule has 1 heterocycles. The van der Waals surface area contributed by atoms with Crippen molar-refractivity contribution in [1.82, 2.24) is 5.32 Å². The van der Waals surface area contributed by atoms with Crippen molar-refractivity contribution in [2.45, 2.75) is 51.6 Å². The van der Waals surface area contributed by atoms with Crippen LogP contribution in [0.1, 0.15) is 39.5 Å². The molecule has 1 heteroatoms. The zero-order chi connectivity index (χ0) is 6.69. The second kappa shape index (κ2) is 3.21. The van der Waals surface area contributed by atoms with Gasteiger partial charge in [-0.1, -0.05) is 13.3 Å². The molecule has 9 heavy (non-hydrogen) atoms. The Morgan fingerprint density at radius 2 is 2.22 bits per heavy atom. The van der Waals surface area contributed by atoms with Crippen LogP contribution < -0.4 is 5.32 Å². The normalized spacial score (nSPS) is 36.7. The molecule has 1 aliphatic rings. The van der Waals surface area contributed by atoms with Gasteiger partial charge in [-0.05, 0) is 26.2 Å². The van der Waals surface area contributed by atoms with Gasteiger partial charge in [0.05, 0.1) is 0 Å². The number of hydrogen-bond acceptors (Lipinski definition) is 0. The fourth-order valence-electron chi connectivity index (χ4n) is 1.47. The van der Waals surface area contributed by atoms with Gasteiger partial charge >= 0.3 is 0 Å². The summed E-state index contributed by atoms with van der Waals surface area (Å²) in [4.78, 5) is 0. The molecule has 1 radical (unpaired) electrons. The maximum Gasteiger partial charge on any atom is 0.0246 e. The second-order valence-electron chi connectivity index (χ2n) is 2.99. The first-order valence-corrected chi connectivity index (χ1v) is 4.03. The summed E-state index contributed by atoms with van der Waals surface area (Å²) in [6.45, 7) is 4.45. The van der Waals surface area contributed by atoms with Crippen molar-refractivity contribution in [3.8, 4) is 0 Å². The number of hydrogen-bond donors (Lipinski definition) is 0. The van der Waals surface area contributed by atoms with Gasteiger partial charge in [-0.2, -0.15) is 0 Å². The fourth-order valence-corrected chi connectivity index (χ4v) is 1.47. The summed E-state index contributed by atoms with van der Waals surface area (Å²) in [7, 11) is 0. The molecule has 1 fully saturated rings. The van der Waals surface area contributed by atoms with Crippen LogP contribution >= 0.6 is 0 Å². The van der Waals surface area contributed by atoms with E-state index in [9.17, 15) is 0 Å². The molecule has 0 aromatic heterocycles. The molecule has 2 unspecified atom stereocenters. The highest BCUT2D eigenvalue weighted by Crippen LogP contribution is 2.15. The molecular weight excluding hydrogens is 110 g/mol. The summed E-state index contributed by atoms with van der Waals surface area (Å²) in [6, 6.07) is 1.33. The Morgan fingerprint density at radius 3 is 2.67 bits per heavy atom. The van der Waals surface area contributed by atoms with E-state index in [2.05, 4.69) is 19.2 Å². The van der Waals surface area contributed by atoms with E-state index in [1.807, 2.05) is 0 Å². The van der Waals surface area contributed by atoms with Crippen molar-refractivity contribution in [3.63, 3.8) is 0 Å². The van der Waals surface area contributed by atoms with Gasteiger partial charge in [0, 0.05) is 12.1 Å². The Bertz CT molecular complexity index is 80.6. The van der Waals surface area contributed by atoms with Crippen molar-refractivity contribution in [1.29, 1.82) is 0 Å². The predicted molar refractivity (Wildman–Crippen MR) is 39.5 cm³/mol. The SMILES string of the molecule is CCC1CCCC(C)[N]1. The van der Waals surface area contributed by atoms with E-state index in [0.29, 0.717) is 12.1 Å². The monoisotopic (exact) mass is 126 g/mol. The first-order chi connectivity index (χ1) is 4.33. The van der Waals surface area contributed by atoms with Gasteiger partial charge in [0.25, 0.3) is 0 Å². The Morgan fingerprint density at radius 1 is 1.44 bits per heavy atom. The van der Waals surface area contributed by atoms with Crippen molar-refractivity contribution in [2.24, 2.45) is 0 Å². The highest BCUT2D eigenvalue weighted by molar-refractivity contribution is 4.75. The predicted octanol–water partition coefficient (Wildman–Crippen LogP) is 1.94. The summed E-state index contributed by atoms with van der Waals surface area (Å²) >= 11 is 0. The molecule has 1 nitrogen and oxygen atoms in total. The van der Waals surface area contributed by atoms with E-state index in [-0.39, 0.29) is 0 Å². The van der Waals surface area contributed by atoms with E-state index in [4.69, 9.17) is 0 Å². The molecule has 1 rings (SSSR count). The van der Waals surface area contributed by atoms with Crippen LogP contribution in [0.5, 0.6) is 0 Å². The van der Waals surface area contributed by atoms with Crippen LogP contribution in [-0.4, -0.2) is 12.1 Å². The average molecular weight is 126 g/mol. The third-order valence-electron chi connectivity index (χ3n) is 2.10. The lowest BCUT2D eigenvalue weighted by Crippen LogP contribution is -2.33. The lowest BCUT2D eigenvalue weighted by molar-refractivity contribution is 0.320. The van der Waals surface area contributed by atoms with E-state index in [1.54, 1.807) is 0 Å². The Balaban J connectivity index is 2.23. The van der Waals surface area contributed by atoms with Gasteiger partial charge in [0.2, 0.25) is 0 Å². The van der Waals surface area contributed by atoms with Crippen LogP contribution in [0.2, 0.25) is 0 Å². The first-order valence-electron chi connectivity index (χ1n) is 4.03. The smallest absolute Gasteiger partial charge is 0.0246 e. The van der Waals surface area contributed by atoms with Gasteiger partial charge in [0.1, 0.15) is 0 Å². The molecule has 0 spiro atoms. The molecule has 0 aromatic carbocycles. The van der Waals surface area contributed by atoms with Crippen molar-refractivity contribution in [2.75, 3.05) is 0 Å². The molecular formula is C8H16N. The summed E-state index contributed by atoms with van der Waals surface area (Å²) in [6.07, 6.45) is 5.28. The topological polar surface area (TPSA) is 14.1 Å². The van der Waals surface area contributed by atoms with Crippen LogP contribution in [0.4, 0.5) is 0 Å². The van der Waals surface area contributed by atoms with E-state index in [1.165, 1.54) is 25.7 Å². The first kappa shape index (κ1) is 7.07. The van der Waals surface area contributed by atoms with Crippen LogP contribution in [-0.2, 0) is 0 Å². The minimum atomic E-state index is 0.642. The Kier molecular flexibility index (Phi) is 2.52. The molecule has 0 N–H and O–H groups in total. The van der Waals surface area contributed by atoms with E-state index in [0.717, 1.165) is 0 Å². The van der Waals surface area contributed by atoms with Crippen LogP contribution in [0.3, 0.4) is 0 Å². The summed E-state index contributed by atoms with van der Waals surface area (Å²) in [5.74, 6) is 0. The minimum Gasteiger partial charge on any atom is -0.235 e. The minimum absolute atomic E-state index is 0.642. The van der Waals surface area contributed by atoms with Crippen molar-refractivity contribution in [3.05, 3.63) is 0 Å². The van der Waals surface area contributed by atoms with Crippen molar-refractivity contribution < 1.29 is 0 Å². The zero-order valence-corrected chi connectivity index (χ0v) is 6.43. The summed E-state index contributed by atoms with van der Waals surface area (Å²) in [5.41, 5.74) is 0. The average Bonchev–Trinajstić information content (AvgIpc) is 1.88. The Hall–Kier alpha value is -0.0400. The molecule has 2 atom stereocenters. The maximum absolute atomic E-state index is 4.60. The van der Waals surface area contributed by atoms with Crippen molar-refractivity contribution >= 4 is 0 Å². The fraction of sp³-hybridized carbons (Fsp3) is 1.00. The largest absolute Gasteiger partial charge is 0.235 e. The van der Waals surface area contributed by atoms with Gasteiger partial charge < -0.3 is 0 Å². The van der Waals surface area contributed by atoms with E-state index >= 15 is 0 Å². The van der Waals surface area contributed by atoms with Crippen LogP contribution in [0.25, 0.3) is 0 Å². The molecule has 1 saturated heterocycles. The molecule has 53 valence electrons. The third-order valence-corrected chi connectivity index (χ3v) is 2.10. The number of piperidine rings is 1. The lowest BCUT2D eigenvalue weighted by Gasteiger charge is -2.25. The Labute approximate surface area is 57.8 Å². The zero-order valence-electron chi connectivity index (χ0n) is 6.43. The number of nitrogens with zero attached hydrogens (tertiary/aromatic N) is 1. The van der Waals surface area contributed by atoms with Gasteiger partial charge in [-0.25, -0.2) is 5.32 Å².